The van der Waals surface area contributed by atoms with Crippen LogP contribution in [0.1, 0.15) is 18.9 Å². The second-order valence-electron chi connectivity index (χ2n) is 6.32. The summed E-state index contributed by atoms with van der Waals surface area (Å²) >= 11 is 0. The number of hydrogen-bond donors (Lipinski definition) is 1. The van der Waals surface area contributed by atoms with Crippen molar-refractivity contribution in [2.45, 2.75) is 31.9 Å². The number of carbonyl (C=O) groups is 1. The number of morpholine rings is 1. The van der Waals surface area contributed by atoms with E-state index in [-0.39, 0.29) is 24.7 Å². The molecule has 1 aromatic carbocycles. The van der Waals surface area contributed by atoms with Gasteiger partial charge in [0.2, 0.25) is 5.91 Å². The highest BCUT2D eigenvalue weighted by atomic mass is 16.5. The number of aliphatic hydroxyl groups excluding tert-OH is 1. The summed E-state index contributed by atoms with van der Waals surface area (Å²) in [5.74, 6) is 0.132. The molecule has 5 nitrogen and oxygen atoms in total. The Bertz CT molecular complexity index is 695. The maximum atomic E-state index is 12.6. The maximum absolute atomic E-state index is 12.6. The van der Waals surface area contributed by atoms with E-state index in [4.69, 9.17) is 4.74 Å². The van der Waals surface area contributed by atoms with Gasteiger partial charge in [-0.05, 0) is 25.0 Å². The van der Waals surface area contributed by atoms with Crippen molar-refractivity contribution >= 4 is 16.8 Å². The van der Waals surface area contributed by atoms with Crippen LogP contribution in [0.4, 0.5) is 0 Å². The van der Waals surface area contributed by atoms with Crippen molar-refractivity contribution in [1.82, 2.24) is 9.47 Å². The third-order valence-electron chi connectivity index (χ3n) is 4.62. The molecule has 3 rings (SSSR count). The molecule has 0 aliphatic carbocycles. The fourth-order valence-corrected chi connectivity index (χ4v) is 3.29. The number of nitrogens with zero attached hydrogens (tertiary/aromatic N) is 2. The number of para-hydroxylation sites is 1. The molecule has 2 aromatic rings. The zero-order chi connectivity index (χ0) is 16.4. The number of amides is 1. The molecule has 1 saturated heterocycles. The molecule has 0 bridgehead atoms. The summed E-state index contributed by atoms with van der Waals surface area (Å²) in [7, 11) is 2.03. The molecule has 5 heteroatoms. The Morgan fingerprint density at radius 1 is 1.39 bits per heavy atom. The van der Waals surface area contributed by atoms with Gasteiger partial charge in [0.05, 0.1) is 25.4 Å². The molecule has 23 heavy (non-hydrogen) atoms. The van der Waals surface area contributed by atoms with E-state index < -0.39 is 0 Å². The van der Waals surface area contributed by atoms with Crippen molar-refractivity contribution in [2.24, 2.45) is 7.05 Å². The number of hydrogen-bond acceptors (Lipinski definition) is 3. The van der Waals surface area contributed by atoms with Gasteiger partial charge in [0.1, 0.15) is 0 Å². The SMILES string of the molecule is C[C@@H]1CO[C@@H](CO)CN1C(=O)CCc1cn(C)c2ccccc12. The molecule has 1 aliphatic heterocycles. The average molecular weight is 316 g/mol. The predicted octanol–water partition coefficient (Wildman–Crippen LogP) is 1.72. The van der Waals surface area contributed by atoms with Crippen LogP contribution in [0, 0.1) is 0 Å². The van der Waals surface area contributed by atoms with Crippen LogP contribution in [-0.2, 0) is 23.0 Å². The molecule has 0 unspecified atom stereocenters. The van der Waals surface area contributed by atoms with E-state index in [0.717, 1.165) is 6.42 Å². The molecule has 1 aromatic heterocycles. The first-order valence-corrected chi connectivity index (χ1v) is 8.15. The number of benzene rings is 1. The molecule has 2 atom stereocenters. The van der Waals surface area contributed by atoms with Gasteiger partial charge in [-0.25, -0.2) is 0 Å². The van der Waals surface area contributed by atoms with Gasteiger partial charge in [0, 0.05) is 37.1 Å². The van der Waals surface area contributed by atoms with Crippen molar-refractivity contribution < 1.29 is 14.6 Å². The van der Waals surface area contributed by atoms with Crippen LogP contribution in [0.3, 0.4) is 0 Å². The van der Waals surface area contributed by atoms with Crippen LogP contribution in [0.2, 0.25) is 0 Å². The first-order chi connectivity index (χ1) is 11.1. The van der Waals surface area contributed by atoms with Crippen molar-refractivity contribution in [2.75, 3.05) is 19.8 Å². The quantitative estimate of drug-likeness (QED) is 0.934. The van der Waals surface area contributed by atoms with E-state index in [1.807, 2.05) is 31.0 Å². The maximum Gasteiger partial charge on any atom is 0.223 e. The first kappa shape index (κ1) is 16.0. The van der Waals surface area contributed by atoms with Gasteiger partial charge in [0.15, 0.2) is 0 Å². The van der Waals surface area contributed by atoms with Crippen LogP contribution in [0.5, 0.6) is 0 Å². The van der Waals surface area contributed by atoms with Crippen molar-refractivity contribution in [3.8, 4) is 0 Å². The summed E-state index contributed by atoms with van der Waals surface area (Å²) in [4.78, 5) is 14.4. The smallest absolute Gasteiger partial charge is 0.223 e. The molecule has 1 fully saturated rings. The van der Waals surface area contributed by atoms with E-state index in [1.54, 1.807) is 0 Å². The minimum absolute atomic E-state index is 0.0418. The van der Waals surface area contributed by atoms with E-state index >= 15 is 0 Å². The van der Waals surface area contributed by atoms with Crippen LogP contribution in [0.15, 0.2) is 30.5 Å². The first-order valence-electron chi connectivity index (χ1n) is 8.15. The average Bonchev–Trinajstić information content (AvgIpc) is 2.90. The zero-order valence-corrected chi connectivity index (χ0v) is 13.7. The molecule has 1 aliphatic rings. The van der Waals surface area contributed by atoms with Crippen LogP contribution in [0.25, 0.3) is 10.9 Å². The number of ether oxygens (including phenoxy) is 1. The highest BCUT2D eigenvalue weighted by molar-refractivity contribution is 5.85. The van der Waals surface area contributed by atoms with Crippen molar-refractivity contribution in [3.63, 3.8) is 0 Å². The number of aromatic nitrogens is 1. The lowest BCUT2D eigenvalue weighted by Gasteiger charge is -2.37. The van der Waals surface area contributed by atoms with Crippen molar-refractivity contribution in [3.05, 3.63) is 36.0 Å². The Kier molecular flexibility index (Phi) is 4.68. The Labute approximate surface area is 136 Å². The van der Waals surface area contributed by atoms with Gasteiger partial charge < -0.3 is 19.3 Å². The van der Waals surface area contributed by atoms with E-state index in [9.17, 15) is 9.90 Å². The van der Waals surface area contributed by atoms with Crippen LogP contribution >= 0.6 is 0 Å². The summed E-state index contributed by atoms with van der Waals surface area (Å²) < 4.78 is 7.60. The Morgan fingerprint density at radius 3 is 2.96 bits per heavy atom. The minimum atomic E-state index is -0.257. The number of aliphatic hydroxyl groups is 1. The number of aryl methyl sites for hydroxylation is 2. The summed E-state index contributed by atoms with van der Waals surface area (Å²) in [6.45, 7) is 2.92. The fraction of sp³-hybridized carbons (Fsp3) is 0.500. The summed E-state index contributed by atoms with van der Waals surface area (Å²) in [6, 6.07) is 8.33. The predicted molar refractivity (Wildman–Crippen MR) is 89.2 cm³/mol. The molecule has 2 heterocycles. The van der Waals surface area contributed by atoms with Crippen LogP contribution < -0.4 is 0 Å². The largest absolute Gasteiger partial charge is 0.394 e. The standard InChI is InChI=1S/C18H24N2O3/c1-13-12-23-15(11-21)10-20(13)18(22)8-7-14-9-19(2)17-6-4-3-5-16(14)17/h3-6,9,13,15,21H,7-8,10-12H2,1-2H3/t13-,15-/m1/s1. The molecular weight excluding hydrogens is 292 g/mol. The number of rotatable bonds is 4. The lowest BCUT2D eigenvalue weighted by Crippen LogP contribution is -2.52. The molecule has 124 valence electrons. The number of carbonyl (C=O) groups excluding carboxylic acids is 1. The van der Waals surface area contributed by atoms with Crippen LogP contribution in [-0.4, -0.2) is 52.4 Å². The molecule has 0 radical (unpaired) electrons. The van der Waals surface area contributed by atoms with Gasteiger partial charge in [-0.15, -0.1) is 0 Å². The fourth-order valence-electron chi connectivity index (χ4n) is 3.29. The van der Waals surface area contributed by atoms with E-state index in [2.05, 4.69) is 22.9 Å². The summed E-state index contributed by atoms with van der Waals surface area (Å²) in [6.07, 6.45) is 3.06. The zero-order valence-electron chi connectivity index (χ0n) is 13.7. The molecule has 1 N–H and O–H groups in total. The molecule has 1 amide bonds. The lowest BCUT2D eigenvalue weighted by molar-refractivity contribution is -0.146. The normalized spacial score (nSPS) is 21.8. The van der Waals surface area contributed by atoms with E-state index in [1.165, 1.54) is 16.5 Å². The number of fused-ring (bicyclic) bond motifs is 1. The van der Waals surface area contributed by atoms with Gasteiger partial charge in [-0.2, -0.15) is 0 Å². The highest BCUT2D eigenvalue weighted by Gasteiger charge is 2.28. The highest BCUT2D eigenvalue weighted by Crippen LogP contribution is 2.22. The van der Waals surface area contributed by atoms with Gasteiger partial charge in [-0.3, -0.25) is 4.79 Å². The Hall–Kier alpha value is -1.85. The van der Waals surface area contributed by atoms with E-state index in [0.29, 0.717) is 19.6 Å². The summed E-state index contributed by atoms with van der Waals surface area (Å²) in [5.41, 5.74) is 2.39. The third-order valence-corrected chi connectivity index (χ3v) is 4.62. The second kappa shape index (κ2) is 6.72. The van der Waals surface area contributed by atoms with Gasteiger partial charge in [-0.1, -0.05) is 18.2 Å². The summed E-state index contributed by atoms with van der Waals surface area (Å²) in [5, 5.41) is 10.5. The van der Waals surface area contributed by atoms with Gasteiger partial charge in [0.25, 0.3) is 0 Å². The molecular formula is C18H24N2O3. The van der Waals surface area contributed by atoms with Gasteiger partial charge >= 0.3 is 0 Å². The monoisotopic (exact) mass is 316 g/mol. The lowest BCUT2D eigenvalue weighted by atomic mass is 10.1. The third kappa shape index (κ3) is 3.26. The Morgan fingerprint density at radius 2 is 2.17 bits per heavy atom. The molecule has 0 saturated carbocycles. The molecule has 0 spiro atoms. The topological polar surface area (TPSA) is 54.7 Å². The second-order valence-corrected chi connectivity index (χ2v) is 6.32. The van der Waals surface area contributed by atoms with Crippen molar-refractivity contribution in [1.29, 1.82) is 0 Å². The Balaban J connectivity index is 1.68. The minimum Gasteiger partial charge on any atom is -0.394 e.